The molecule has 5 amide bonds. The van der Waals surface area contributed by atoms with Gasteiger partial charge < -0.3 is 30.9 Å². The van der Waals surface area contributed by atoms with Gasteiger partial charge in [-0.1, -0.05) is 56.3 Å². The number of carbonyl (C=O) groups is 5. The number of hydrogen-bond acceptors (Lipinski definition) is 8. The van der Waals surface area contributed by atoms with Gasteiger partial charge in [0.05, 0.1) is 12.1 Å². The Kier molecular flexibility index (Phi) is 13.2. The normalized spacial score (nSPS) is 22.7. The molecule has 1 aromatic heterocycles. The van der Waals surface area contributed by atoms with E-state index in [0.717, 1.165) is 30.4 Å². The van der Waals surface area contributed by atoms with E-state index in [4.69, 9.17) is 14.8 Å². The van der Waals surface area contributed by atoms with Crippen LogP contribution in [0.1, 0.15) is 88.1 Å². The van der Waals surface area contributed by atoms with Gasteiger partial charge in [-0.05, 0) is 74.1 Å². The van der Waals surface area contributed by atoms with Gasteiger partial charge in [-0.25, -0.2) is 9.67 Å². The predicted molar refractivity (Wildman–Crippen MR) is 204 cm³/mol. The molecule has 55 heavy (non-hydrogen) atoms. The van der Waals surface area contributed by atoms with Crippen LogP contribution in [0, 0.1) is 11.8 Å². The lowest BCUT2D eigenvalue weighted by Gasteiger charge is -2.25. The summed E-state index contributed by atoms with van der Waals surface area (Å²) in [5, 5.41) is 16.7. The summed E-state index contributed by atoms with van der Waals surface area (Å²) in [6.07, 6.45) is 5.40. The van der Waals surface area contributed by atoms with Gasteiger partial charge in [0.2, 0.25) is 29.5 Å². The third kappa shape index (κ3) is 11.6. The highest BCUT2D eigenvalue weighted by atomic mass is 16.5. The van der Waals surface area contributed by atoms with E-state index >= 15 is 0 Å². The number of rotatable bonds is 10. The van der Waals surface area contributed by atoms with Gasteiger partial charge in [-0.3, -0.25) is 24.0 Å². The summed E-state index contributed by atoms with van der Waals surface area (Å²) in [6.45, 7) is 6.81. The maximum Gasteiger partial charge on any atom is 0.243 e. The predicted octanol–water partition coefficient (Wildman–Crippen LogP) is 2.80. The molecule has 2 fully saturated rings. The summed E-state index contributed by atoms with van der Waals surface area (Å²) in [4.78, 5) is 73.4. The average molecular weight is 755 g/mol. The third-order valence-corrected chi connectivity index (χ3v) is 10.2. The zero-order chi connectivity index (χ0) is 38.9. The molecular formula is C41H54N8O6. The summed E-state index contributed by atoms with van der Waals surface area (Å²) < 4.78 is 7.75. The van der Waals surface area contributed by atoms with E-state index in [2.05, 4.69) is 35.1 Å². The summed E-state index contributed by atoms with van der Waals surface area (Å²) in [5.74, 6) is 0.889. The number of nitrogens with one attached hydrogen (secondary N) is 4. The number of nitrogens with zero attached hydrogens (tertiary/aromatic N) is 4. The first-order valence-electron chi connectivity index (χ1n) is 19.7. The Morgan fingerprint density at radius 2 is 1.73 bits per heavy atom. The van der Waals surface area contributed by atoms with E-state index in [0.29, 0.717) is 55.5 Å². The summed E-state index contributed by atoms with van der Waals surface area (Å²) in [6, 6.07) is 14.0. The third-order valence-electron chi connectivity index (χ3n) is 10.2. The molecule has 14 nitrogen and oxygen atoms in total. The molecule has 2 aromatic carbocycles. The van der Waals surface area contributed by atoms with Crippen molar-refractivity contribution in [1.29, 1.82) is 0 Å². The van der Waals surface area contributed by atoms with Crippen LogP contribution in [0.5, 0.6) is 5.75 Å². The Hall–Kier alpha value is -5.27. The molecule has 0 radical (unpaired) electrons. The second-order valence-corrected chi connectivity index (χ2v) is 15.6. The summed E-state index contributed by atoms with van der Waals surface area (Å²) in [7, 11) is 0. The Bertz CT molecular complexity index is 1810. The molecule has 4 aliphatic rings. The molecule has 294 valence electrons. The average Bonchev–Trinajstić information content (AvgIpc) is 3.74. The summed E-state index contributed by atoms with van der Waals surface area (Å²) >= 11 is 0. The van der Waals surface area contributed by atoms with Gasteiger partial charge >= 0.3 is 0 Å². The van der Waals surface area contributed by atoms with Crippen LogP contribution in [-0.4, -0.2) is 87.0 Å². The molecule has 3 aromatic rings. The SMILES string of the molecule is CC(C)C[C@H]1COc2ccc(cc2)C[C@H](NC(=O)CCN2CCCC2=O)C(=O)N[C@H](C)C(=O)N[C@H](Cc2ccccc2)c2nc(CC3CC3)nn2CC(=O)N1. The van der Waals surface area contributed by atoms with Crippen LogP contribution < -0.4 is 26.0 Å². The molecule has 4 heterocycles. The van der Waals surface area contributed by atoms with Crippen LogP contribution in [0.3, 0.4) is 0 Å². The number of ether oxygens (including phenoxy) is 1. The van der Waals surface area contributed by atoms with Crippen molar-refractivity contribution in [1.82, 2.24) is 40.9 Å². The van der Waals surface area contributed by atoms with E-state index in [-0.39, 0.29) is 62.2 Å². The van der Waals surface area contributed by atoms with Crippen molar-refractivity contribution in [3.05, 3.63) is 77.4 Å². The molecule has 7 rings (SSSR count). The highest BCUT2D eigenvalue weighted by molar-refractivity contribution is 5.92. The van der Waals surface area contributed by atoms with Crippen LogP contribution in [0.25, 0.3) is 0 Å². The van der Waals surface area contributed by atoms with Crippen molar-refractivity contribution in [3.8, 4) is 5.75 Å². The highest BCUT2D eigenvalue weighted by Gasteiger charge is 2.31. The molecule has 1 saturated carbocycles. The van der Waals surface area contributed by atoms with E-state index in [9.17, 15) is 24.0 Å². The molecule has 1 saturated heterocycles. The molecule has 14 heteroatoms. The van der Waals surface area contributed by atoms with Gasteiger partial charge in [0, 0.05) is 38.8 Å². The quantitative estimate of drug-likeness (QED) is 0.244. The van der Waals surface area contributed by atoms with Gasteiger partial charge in [-0.15, -0.1) is 0 Å². The molecule has 3 aliphatic heterocycles. The number of amides is 5. The Balaban J connectivity index is 1.29. The largest absolute Gasteiger partial charge is 0.491 e. The lowest BCUT2D eigenvalue weighted by molar-refractivity contribution is -0.132. The van der Waals surface area contributed by atoms with Crippen LogP contribution in [0.15, 0.2) is 54.6 Å². The van der Waals surface area contributed by atoms with Crippen LogP contribution in [0.4, 0.5) is 0 Å². The fourth-order valence-electron chi connectivity index (χ4n) is 7.13. The topological polar surface area (TPSA) is 177 Å². The van der Waals surface area contributed by atoms with Crippen molar-refractivity contribution in [2.24, 2.45) is 11.8 Å². The second-order valence-electron chi connectivity index (χ2n) is 15.6. The maximum atomic E-state index is 14.0. The van der Waals surface area contributed by atoms with E-state index in [1.807, 2.05) is 42.5 Å². The van der Waals surface area contributed by atoms with Gasteiger partial charge in [0.25, 0.3) is 0 Å². The first kappa shape index (κ1) is 39.4. The Labute approximate surface area is 322 Å². The van der Waals surface area contributed by atoms with E-state index < -0.39 is 29.9 Å². The molecule has 0 spiro atoms. The number of likely N-dealkylation sites (tertiary alicyclic amines) is 1. The van der Waals surface area contributed by atoms with E-state index in [1.165, 1.54) is 0 Å². The van der Waals surface area contributed by atoms with Crippen molar-refractivity contribution in [2.75, 3.05) is 19.7 Å². The molecular weight excluding hydrogens is 701 g/mol. The Morgan fingerprint density at radius 1 is 0.964 bits per heavy atom. The van der Waals surface area contributed by atoms with E-state index in [1.54, 1.807) is 28.6 Å². The zero-order valence-electron chi connectivity index (χ0n) is 32.1. The van der Waals surface area contributed by atoms with Crippen molar-refractivity contribution < 1.29 is 28.7 Å². The molecule has 2 bridgehead atoms. The van der Waals surface area contributed by atoms with Gasteiger partial charge in [0.1, 0.15) is 31.0 Å². The zero-order valence-corrected chi connectivity index (χ0v) is 32.1. The van der Waals surface area contributed by atoms with Crippen LogP contribution >= 0.6 is 0 Å². The van der Waals surface area contributed by atoms with Crippen LogP contribution in [0.2, 0.25) is 0 Å². The standard InChI is InChI=1S/C41H54N8O6/c1-26(2)20-31-25-55-32-15-13-29(14-16-32)22-34(44-36(50)17-19-48-18-7-10-38(48)52)41(54)42-27(3)40(53)45-33(21-28-8-5-4-6-9-28)39-46-35(23-30-11-12-30)47-49(39)24-37(51)43-31/h4-6,8-9,13-16,26-27,30-31,33-34H,7,10-12,17-25H2,1-3H3,(H,42,54)(H,43,51)(H,44,50)(H,45,53)/t27-,31+,33-,34+/m1/s1. The van der Waals surface area contributed by atoms with Crippen molar-refractivity contribution in [2.45, 2.75) is 109 Å². The fraction of sp³-hybridized carbons (Fsp3) is 0.537. The Morgan fingerprint density at radius 3 is 2.42 bits per heavy atom. The molecule has 4 N–H and O–H groups in total. The van der Waals surface area contributed by atoms with Crippen molar-refractivity contribution in [3.63, 3.8) is 0 Å². The van der Waals surface area contributed by atoms with Gasteiger partial charge in [-0.2, -0.15) is 5.10 Å². The minimum Gasteiger partial charge on any atom is -0.491 e. The minimum absolute atomic E-state index is 0.0242. The number of benzene rings is 2. The number of aromatic nitrogens is 3. The highest BCUT2D eigenvalue weighted by Crippen LogP contribution is 2.32. The molecule has 4 atom stereocenters. The maximum absolute atomic E-state index is 14.0. The van der Waals surface area contributed by atoms with Gasteiger partial charge in [0.15, 0.2) is 11.6 Å². The minimum atomic E-state index is -0.992. The lowest BCUT2D eigenvalue weighted by Crippen LogP contribution is -2.54. The summed E-state index contributed by atoms with van der Waals surface area (Å²) in [5.41, 5.74) is 1.71. The number of hydrogen-bond donors (Lipinski definition) is 4. The first-order valence-corrected chi connectivity index (χ1v) is 19.7. The fourth-order valence-corrected chi connectivity index (χ4v) is 7.13. The molecule has 1 aliphatic carbocycles. The van der Waals surface area contributed by atoms with Crippen molar-refractivity contribution >= 4 is 29.5 Å². The smallest absolute Gasteiger partial charge is 0.243 e. The second kappa shape index (κ2) is 18.4. The monoisotopic (exact) mass is 754 g/mol. The van der Waals surface area contributed by atoms with Crippen LogP contribution in [-0.2, 0) is 49.8 Å². The first-order chi connectivity index (χ1) is 26.5. The lowest BCUT2D eigenvalue weighted by atomic mass is 10.0. The molecule has 0 unspecified atom stereocenters. The number of fused-ring (bicyclic) bond motifs is 14. The number of carbonyl (C=O) groups excluding carboxylic acids is 5.